The standard InChI is InChI=1S/C57H59N7O9S/c1-40-13-9-10-20-53(40)72-48-27-25-43(26-28-48)32-55(66)63-29-11-18-51(63)45-33-58-61(36-45)35-41(2)56(67)73-57(68)50(60-74(69,70)49-16-7-4-8-17-49)38-62-37-46(34-59-62)52-19-12-30-64(52)54(65)31-42-21-23-44(24-22-42)39-71-47-14-5-3-6-15-47/h3-10,13-17,20-28,33-34,36-37,41,50-52,60H,11-12,18-19,29-32,35,38-39H2,1-2H3. The molecular weight excluding hydrogens is 959 g/mol. The number of carbonyl (C=O) groups excluding carboxylic acids is 4. The van der Waals surface area contributed by atoms with Crippen LogP contribution in [-0.4, -0.2) is 80.7 Å². The van der Waals surface area contributed by atoms with Crippen LogP contribution in [0.1, 0.15) is 78.1 Å². The molecule has 9 rings (SSSR count). The van der Waals surface area contributed by atoms with Crippen molar-refractivity contribution >= 4 is 33.8 Å². The molecule has 382 valence electrons. The third-order valence-electron chi connectivity index (χ3n) is 13.4. The van der Waals surface area contributed by atoms with Crippen molar-refractivity contribution < 1.29 is 41.8 Å². The van der Waals surface area contributed by atoms with Gasteiger partial charge in [0.1, 0.15) is 29.9 Å². The van der Waals surface area contributed by atoms with E-state index in [-0.39, 0.29) is 54.7 Å². The Hall–Kier alpha value is -7.89. The molecule has 2 amide bonds. The Morgan fingerprint density at radius 3 is 1.76 bits per heavy atom. The summed E-state index contributed by atoms with van der Waals surface area (Å²) in [7, 11) is -4.27. The van der Waals surface area contributed by atoms with Gasteiger partial charge in [-0.25, -0.2) is 13.2 Å². The lowest BCUT2D eigenvalue weighted by atomic mass is 10.1. The monoisotopic (exact) mass is 1020 g/mol. The molecule has 1 N–H and O–H groups in total. The Bertz CT molecular complexity index is 3160. The fourth-order valence-corrected chi connectivity index (χ4v) is 10.6. The number of hydrogen-bond donors (Lipinski definition) is 1. The Morgan fingerprint density at radius 2 is 1.16 bits per heavy atom. The van der Waals surface area contributed by atoms with E-state index < -0.39 is 33.9 Å². The lowest BCUT2D eigenvalue weighted by Crippen LogP contribution is -2.45. The first-order valence-electron chi connectivity index (χ1n) is 24.9. The van der Waals surface area contributed by atoms with E-state index in [0.717, 1.165) is 64.1 Å². The molecule has 0 saturated carbocycles. The molecule has 2 fully saturated rings. The third-order valence-corrected chi connectivity index (χ3v) is 14.9. The molecule has 0 bridgehead atoms. The van der Waals surface area contributed by atoms with Crippen molar-refractivity contribution in [3.05, 3.63) is 192 Å². The number of carbonyl (C=O) groups is 4. The van der Waals surface area contributed by atoms with E-state index in [1.165, 1.54) is 16.8 Å². The number of aryl methyl sites for hydroxylation is 1. The second kappa shape index (κ2) is 23.3. The highest BCUT2D eigenvalue weighted by atomic mass is 32.2. The Kier molecular flexibility index (Phi) is 16.1. The first-order valence-corrected chi connectivity index (χ1v) is 26.4. The second-order valence-electron chi connectivity index (χ2n) is 18.9. The fourth-order valence-electron chi connectivity index (χ4n) is 9.42. The summed E-state index contributed by atoms with van der Waals surface area (Å²) >= 11 is 0. The van der Waals surface area contributed by atoms with Gasteiger partial charge in [0.25, 0.3) is 0 Å². The predicted octanol–water partition coefficient (Wildman–Crippen LogP) is 8.32. The number of nitrogens with zero attached hydrogens (tertiary/aromatic N) is 6. The largest absolute Gasteiger partial charge is 0.489 e. The molecule has 0 radical (unpaired) electrons. The number of hydrogen-bond acceptors (Lipinski definition) is 11. The number of nitrogens with one attached hydrogen (secondary N) is 1. The zero-order chi connectivity index (χ0) is 51.6. The minimum absolute atomic E-state index is 0.0117. The number of esters is 2. The summed E-state index contributed by atoms with van der Waals surface area (Å²) in [5.74, 6) is -0.670. The zero-order valence-electron chi connectivity index (χ0n) is 41.4. The Labute approximate surface area is 430 Å². The highest BCUT2D eigenvalue weighted by Gasteiger charge is 2.35. The van der Waals surface area contributed by atoms with Crippen LogP contribution < -0.4 is 14.2 Å². The van der Waals surface area contributed by atoms with E-state index in [2.05, 4.69) is 14.9 Å². The summed E-state index contributed by atoms with van der Waals surface area (Å²) in [5, 5.41) is 8.96. The molecule has 2 aliphatic rings. The van der Waals surface area contributed by atoms with Gasteiger partial charge in [-0.2, -0.15) is 14.9 Å². The molecule has 4 unspecified atom stereocenters. The fraction of sp³-hybridized carbons (Fsp3) is 0.298. The van der Waals surface area contributed by atoms with E-state index >= 15 is 0 Å². The molecule has 0 spiro atoms. The van der Waals surface area contributed by atoms with Crippen LogP contribution in [0, 0.1) is 12.8 Å². The molecule has 74 heavy (non-hydrogen) atoms. The van der Waals surface area contributed by atoms with Gasteiger partial charge in [0.05, 0.1) is 61.2 Å². The first kappa shape index (κ1) is 51.0. The van der Waals surface area contributed by atoms with Crippen LogP contribution in [0.5, 0.6) is 17.2 Å². The minimum atomic E-state index is -4.27. The van der Waals surface area contributed by atoms with Gasteiger partial charge in [-0.1, -0.05) is 97.9 Å². The van der Waals surface area contributed by atoms with Crippen LogP contribution >= 0.6 is 0 Å². The van der Waals surface area contributed by atoms with Crippen molar-refractivity contribution in [2.24, 2.45) is 5.92 Å². The average molecular weight is 1020 g/mol. The third kappa shape index (κ3) is 12.8. The van der Waals surface area contributed by atoms with Crippen molar-refractivity contribution in [2.45, 2.75) is 95.1 Å². The molecule has 4 heterocycles. The summed E-state index contributed by atoms with van der Waals surface area (Å²) in [5.41, 5.74) is 5.29. The van der Waals surface area contributed by atoms with Crippen LogP contribution in [0.25, 0.3) is 0 Å². The molecule has 17 heteroatoms. The number of ether oxygens (including phenoxy) is 3. The van der Waals surface area contributed by atoms with Gasteiger partial charge < -0.3 is 24.0 Å². The summed E-state index contributed by atoms with van der Waals surface area (Å²) in [6.45, 7) is 4.89. The van der Waals surface area contributed by atoms with Crippen LogP contribution in [0.2, 0.25) is 0 Å². The van der Waals surface area contributed by atoms with E-state index in [9.17, 15) is 27.6 Å². The number of para-hydroxylation sites is 2. The summed E-state index contributed by atoms with van der Waals surface area (Å²) < 4.78 is 50.0. The topological polar surface area (TPSA) is 184 Å². The lowest BCUT2D eigenvalue weighted by Gasteiger charge is -2.24. The molecule has 4 atom stereocenters. The minimum Gasteiger partial charge on any atom is -0.489 e. The van der Waals surface area contributed by atoms with Gasteiger partial charge in [-0.3, -0.25) is 23.7 Å². The van der Waals surface area contributed by atoms with Crippen LogP contribution in [-0.2, 0) is 66.5 Å². The van der Waals surface area contributed by atoms with Gasteiger partial charge in [0.15, 0.2) is 0 Å². The molecule has 2 saturated heterocycles. The summed E-state index contributed by atoms with van der Waals surface area (Å²) in [6, 6.07) is 38.2. The summed E-state index contributed by atoms with van der Waals surface area (Å²) in [4.78, 5) is 58.5. The molecule has 7 aromatic rings. The number of rotatable bonds is 20. The molecular formula is C57H59N7O9S. The second-order valence-corrected chi connectivity index (χ2v) is 20.6. The van der Waals surface area contributed by atoms with Crippen LogP contribution in [0.4, 0.5) is 0 Å². The van der Waals surface area contributed by atoms with Crippen molar-refractivity contribution in [2.75, 3.05) is 13.1 Å². The van der Waals surface area contributed by atoms with Crippen molar-refractivity contribution in [3.8, 4) is 17.2 Å². The predicted molar refractivity (Wildman–Crippen MR) is 275 cm³/mol. The molecule has 2 aliphatic heterocycles. The maximum atomic E-state index is 13.9. The summed E-state index contributed by atoms with van der Waals surface area (Å²) in [6.07, 6.45) is 10.3. The number of amides is 2. The maximum absolute atomic E-state index is 13.9. The normalized spacial score (nSPS) is 16.4. The quantitative estimate of drug-likeness (QED) is 0.0572. The van der Waals surface area contributed by atoms with Gasteiger partial charge in [-0.15, -0.1) is 0 Å². The highest BCUT2D eigenvalue weighted by Crippen LogP contribution is 2.34. The molecule has 5 aromatic carbocycles. The number of likely N-dealkylation sites (tertiary alicyclic amines) is 2. The maximum Gasteiger partial charge on any atom is 0.333 e. The van der Waals surface area contributed by atoms with Gasteiger partial charge in [-0.05, 0) is 97.3 Å². The van der Waals surface area contributed by atoms with Crippen molar-refractivity contribution in [1.29, 1.82) is 0 Å². The van der Waals surface area contributed by atoms with E-state index in [0.29, 0.717) is 31.9 Å². The average Bonchev–Trinajstić information content (AvgIpc) is 4.26. The Balaban J connectivity index is 0.804. The number of aromatic nitrogens is 4. The van der Waals surface area contributed by atoms with Gasteiger partial charge in [0, 0.05) is 36.6 Å². The highest BCUT2D eigenvalue weighted by molar-refractivity contribution is 7.89. The van der Waals surface area contributed by atoms with Gasteiger partial charge >= 0.3 is 11.9 Å². The van der Waals surface area contributed by atoms with Crippen molar-refractivity contribution in [3.63, 3.8) is 0 Å². The van der Waals surface area contributed by atoms with E-state index in [1.807, 2.05) is 120 Å². The number of benzene rings is 5. The Morgan fingerprint density at radius 1 is 0.635 bits per heavy atom. The van der Waals surface area contributed by atoms with Gasteiger partial charge in [0.2, 0.25) is 21.8 Å². The van der Waals surface area contributed by atoms with E-state index in [4.69, 9.17) is 14.2 Å². The van der Waals surface area contributed by atoms with Crippen LogP contribution in [0.15, 0.2) is 163 Å². The van der Waals surface area contributed by atoms with Crippen LogP contribution in [0.3, 0.4) is 0 Å². The first-order chi connectivity index (χ1) is 35.8. The van der Waals surface area contributed by atoms with E-state index in [1.54, 1.807) is 54.6 Å². The molecule has 0 aliphatic carbocycles. The SMILES string of the molecule is Cc1ccccc1Oc1ccc(CC(=O)N2CCCC2c2cnn(CC(C)C(=O)OC(=O)C(Cn3cc(C4CCCN4C(=O)Cc4ccc(COc5ccccc5)cc4)cn3)NS(=O)(=O)c3ccccc3)c2)cc1. The zero-order valence-corrected chi connectivity index (χ0v) is 42.2. The lowest BCUT2D eigenvalue weighted by molar-refractivity contribution is -0.164. The molecule has 16 nitrogen and oxygen atoms in total. The smallest absolute Gasteiger partial charge is 0.333 e. The number of sulfonamides is 1. The van der Waals surface area contributed by atoms with Crippen molar-refractivity contribution in [1.82, 2.24) is 34.1 Å². The molecule has 2 aromatic heterocycles.